The zero-order valence-electron chi connectivity index (χ0n) is 18.7. The standard InChI is InChI=1S/C26H24F2N2O4/c1-33-25(31)19-7-5-18(6-8-19)17-30(26(32)29-9-11-34-12-10-29)24-4-2-3-20(15-24)21-13-22(27)16-23(28)14-21/h2-8,13-16H,9-12,17H2,1H3. The quantitative estimate of drug-likeness (QED) is 0.503. The van der Waals surface area contributed by atoms with Crippen molar-refractivity contribution in [3.63, 3.8) is 0 Å². The average Bonchev–Trinajstić information content (AvgIpc) is 2.87. The fraction of sp³-hybridized carbons (Fsp3) is 0.231. The molecule has 0 unspecified atom stereocenters. The minimum atomic E-state index is -0.674. The number of hydrogen-bond acceptors (Lipinski definition) is 4. The Morgan fingerprint density at radius 2 is 1.62 bits per heavy atom. The lowest BCUT2D eigenvalue weighted by atomic mass is 10.0. The molecule has 1 heterocycles. The highest BCUT2D eigenvalue weighted by Gasteiger charge is 2.25. The predicted molar refractivity (Wildman–Crippen MR) is 124 cm³/mol. The molecule has 3 aromatic carbocycles. The van der Waals surface area contributed by atoms with Crippen molar-refractivity contribution in [2.24, 2.45) is 0 Å². The Morgan fingerprint density at radius 1 is 0.941 bits per heavy atom. The first-order valence-corrected chi connectivity index (χ1v) is 10.8. The molecule has 176 valence electrons. The number of rotatable bonds is 5. The minimum absolute atomic E-state index is 0.206. The summed E-state index contributed by atoms with van der Waals surface area (Å²) in [7, 11) is 1.32. The van der Waals surface area contributed by atoms with Crippen molar-refractivity contribution in [2.75, 3.05) is 38.3 Å². The number of morpholine rings is 1. The van der Waals surface area contributed by atoms with Gasteiger partial charge in [-0.3, -0.25) is 4.90 Å². The molecular weight excluding hydrogens is 442 g/mol. The fourth-order valence-corrected chi connectivity index (χ4v) is 3.82. The third-order valence-corrected chi connectivity index (χ3v) is 5.58. The molecular formula is C26H24F2N2O4. The van der Waals surface area contributed by atoms with E-state index in [4.69, 9.17) is 9.47 Å². The molecule has 1 saturated heterocycles. The second kappa shape index (κ2) is 10.4. The second-order valence-corrected chi connectivity index (χ2v) is 7.87. The second-order valence-electron chi connectivity index (χ2n) is 7.87. The molecule has 0 spiro atoms. The average molecular weight is 466 g/mol. The topological polar surface area (TPSA) is 59.1 Å². The van der Waals surface area contributed by atoms with Crippen molar-refractivity contribution in [3.05, 3.63) is 89.5 Å². The highest BCUT2D eigenvalue weighted by molar-refractivity contribution is 5.93. The summed E-state index contributed by atoms with van der Waals surface area (Å²) in [5, 5.41) is 0. The van der Waals surface area contributed by atoms with E-state index in [1.165, 1.54) is 19.2 Å². The van der Waals surface area contributed by atoms with Gasteiger partial charge in [0.25, 0.3) is 0 Å². The number of nitrogens with zero attached hydrogens (tertiary/aromatic N) is 2. The molecule has 0 radical (unpaired) electrons. The summed E-state index contributed by atoms with van der Waals surface area (Å²) in [6, 6.07) is 16.9. The summed E-state index contributed by atoms with van der Waals surface area (Å²) in [6.45, 7) is 2.07. The van der Waals surface area contributed by atoms with Crippen LogP contribution in [0.3, 0.4) is 0 Å². The van der Waals surface area contributed by atoms with Crippen LogP contribution >= 0.6 is 0 Å². The lowest BCUT2D eigenvalue weighted by molar-refractivity contribution is 0.0548. The number of amides is 2. The van der Waals surface area contributed by atoms with E-state index in [0.717, 1.165) is 11.6 Å². The molecule has 0 aliphatic carbocycles. The van der Waals surface area contributed by atoms with Gasteiger partial charge < -0.3 is 14.4 Å². The highest BCUT2D eigenvalue weighted by Crippen LogP contribution is 2.28. The van der Waals surface area contributed by atoms with Crippen LogP contribution in [0.15, 0.2) is 66.7 Å². The van der Waals surface area contributed by atoms with Gasteiger partial charge in [0, 0.05) is 24.8 Å². The van der Waals surface area contributed by atoms with E-state index in [0.29, 0.717) is 48.7 Å². The van der Waals surface area contributed by atoms with Gasteiger partial charge in [-0.1, -0.05) is 24.3 Å². The lowest BCUT2D eigenvalue weighted by Crippen LogP contribution is -2.48. The van der Waals surface area contributed by atoms with E-state index >= 15 is 0 Å². The summed E-state index contributed by atoms with van der Waals surface area (Å²) >= 11 is 0. The fourth-order valence-electron chi connectivity index (χ4n) is 3.82. The number of ether oxygens (including phenoxy) is 2. The summed E-state index contributed by atoms with van der Waals surface area (Å²) in [4.78, 5) is 28.5. The summed E-state index contributed by atoms with van der Waals surface area (Å²) in [5.74, 6) is -1.79. The van der Waals surface area contributed by atoms with Crippen molar-refractivity contribution in [3.8, 4) is 11.1 Å². The van der Waals surface area contributed by atoms with Gasteiger partial charge in [-0.25, -0.2) is 18.4 Å². The zero-order valence-corrected chi connectivity index (χ0v) is 18.7. The molecule has 0 saturated carbocycles. The normalized spacial score (nSPS) is 13.4. The van der Waals surface area contributed by atoms with Gasteiger partial charge in [0.1, 0.15) is 11.6 Å². The Bertz CT molecular complexity index is 1160. The zero-order chi connectivity index (χ0) is 24.1. The first-order chi connectivity index (χ1) is 16.4. The number of hydrogen-bond donors (Lipinski definition) is 0. The molecule has 4 rings (SSSR count). The van der Waals surface area contributed by atoms with Crippen LogP contribution in [0.2, 0.25) is 0 Å². The highest BCUT2D eigenvalue weighted by atomic mass is 19.1. The van der Waals surface area contributed by atoms with Crippen LogP contribution in [-0.4, -0.2) is 50.3 Å². The number of anilines is 1. The van der Waals surface area contributed by atoms with Gasteiger partial charge in [0.05, 0.1) is 32.4 Å². The molecule has 1 fully saturated rings. The van der Waals surface area contributed by atoms with E-state index in [9.17, 15) is 18.4 Å². The number of carbonyl (C=O) groups is 2. The van der Waals surface area contributed by atoms with Crippen LogP contribution in [0.25, 0.3) is 11.1 Å². The molecule has 1 aliphatic heterocycles. The first kappa shape index (κ1) is 23.4. The lowest BCUT2D eigenvalue weighted by Gasteiger charge is -2.33. The predicted octanol–water partition coefficient (Wildman–Crippen LogP) is 4.88. The summed E-state index contributed by atoms with van der Waals surface area (Å²) in [6.07, 6.45) is 0. The number of methoxy groups -OCH3 is 1. The molecule has 34 heavy (non-hydrogen) atoms. The maximum Gasteiger partial charge on any atom is 0.337 e. The maximum atomic E-state index is 13.8. The van der Waals surface area contributed by atoms with Crippen molar-refractivity contribution in [2.45, 2.75) is 6.54 Å². The largest absolute Gasteiger partial charge is 0.465 e. The number of halogens is 2. The van der Waals surface area contributed by atoms with Gasteiger partial charge in [0.15, 0.2) is 0 Å². The van der Waals surface area contributed by atoms with Crippen LogP contribution in [0.1, 0.15) is 15.9 Å². The molecule has 0 aromatic heterocycles. The molecule has 8 heteroatoms. The van der Waals surface area contributed by atoms with Crippen LogP contribution in [0.5, 0.6) is 0 Å². The molecule has 0 bridgehead atoms. The van der Waals surface area contributed by atoms with E-state index in [1.807, 2.05) is 0 Å². The Kier molecular flexibility index (Phi) is 7.18. The van der Waals surface area contributed by atoms with Gasteiger partial charge in [-0.15, -0.1) is 0 Å². The first-order valence-electron chi connectivity index (χ1n) is 10.8. The molecule has 0 N–H and O–H groups in total. The minimum Gasteiger partial charge on any atom is -0.465 e. The van der Waals surface area contributed by atoms with Crippen molar-refractivity contribution < 1.29 is 27.8 Å². The van der Waals surface area contributed by atoms with Crippen LogP contribution in [-0.2, 0) is 16.0 Å². The number of urea groups is 1. The molecule has 0 atom stereocenters. The Balaban J connectivity index is 1.68. The third kappa shape index (κ3) is 5.40. The Morgan fingerprint density at radius 3 is 2.26 bits per heavy atom. The van der Waals surface area contributed by atoms with Crippen LogP contribution in [0.4, 0.5) is 19.3 Å². The Hall–Kier alpha value is -3.78. The maximum absolute atomic E-state index is 13.8. The SMILES string of the molecule is COC(=O)c1ccc(CN(C(=O)N2CCOCC2)c2cccc(-c3cc(F)cc(F)c3)c2)cc1. The molecule has 2 amide bonds. The summed E-state index contributed by atoms with van der Waals surface area (Å²) in [5.41, 5.74) is 2.75. The number of benzene rings is 3. The van der Waals surface area contributed by atoms with Gasteiger partial charge >= 0.3 is 12.0 Å². The molecule has 3 aromatic rings. The monoisotopic (exact) mass is 466 g/mol. The van der Waals surface area contributed by atoms with Crippen molar-refractivity contribution >= 4 is 17.7 Å². The van der Waals surface area contributed by atoms with E-state index < -0.39 is 17.6 Å². The van der Waals surface area contributed by atoms with Gasteiger partial charge in [-0.2, -0.15) is 0 Å². The molecule has 6 nitrogen and oxygen atoms in total. The molecule has 1 aliphatic rings. The van der Waals surface area contributed by atoms with Gasteiger partial charge in [-0.05, 0) is 53.1 Å². The third-order valence-electron chi connectivity index (χ3n) is 5.58. The number of carbonyl (C=O) groups excluding carboxylic acids is 2. The van der Waals surface area contributed by atoms with Gasteiger partial charge in [0.2, 0.25) is 0 Å². The van der Waals surface area contributed by atoms with E-state index in [2.05, 4.69) is 0 Å². The van der Waals surface area contributed by atoms with Crippen LogP contribution < -0.4 is 4.90 Å². The van der Waals surface area contributed by atoms with E-state index in [-0.39, 0.29) is 12.6 Å². The van der Waals surface area contributed by atoms with Crippen LogP contribution in [0, 0.1) is 11.6 Å². The Labute approximate surface area is 196 Å². The number of esters is 1. The van der Waals surface area contributed by atoms with Crippen molar-refractivity contribution in [1.82, 2.24) is 4.90 Å². The summed E-state index contributed by atoms with van der Waals surface area (Å²) < 4.78 is 37.7. The van der Waals surface area contributed by atoms with Crippen molar-refractivity contribution in [1.29, 1.82) is 0 Å². The van der Waals surface area contributed by atoms with E-state index in [1.54, 1.807) is 58.3 Å². The smallest absolute Gasteiger partial charge is 0.337 e.